The predicted octanol–water partition coefficient (Wildman–Crippen LogP) is 1.25. The van der Waals surface area contributed by atoms with Gasteiger partial charge in [0, 0.05) is 37.4 Å². The highest BCUT2D eigenvalue weighted by molar-refractivity contribution is 8.14. The van der Waals surface area contributed by atoms with Crippen LogP contribution < -0.4 is 31.9 Å². The summed E-state index contributed by atoms with van der Waals surface area (Å²) >= 11 is 2.72. The van der Waals surface area contributed by atoms with Crippen LogP contribution in [0.15, 0.2) is 0 Å². The quantitative estimate of drug-likeness (QED) is 0.0396. The fourth-order valence-corrected chi connectivity index (χ4v) is 9.27. The average molecular weight is 896 g/mol. The second kappa shape index (κ2) is 27.2. The molecule has 1 aliphatic carbocycles. The van der Waals surface area contributed by atoms with E-state index in [0.29, 0.717) is 89.2 Å². The maximum absolute atomic E-state index is 16.6. The van der Waals surface area contributed by atoms with Gasteiger partial charge in [-0.15, -0.1) is 11.5 Å². The zero-order chi connectivity index (χ0) is 43.9. The number of ether oxygens (including phenoxy) is 3. The number of hydrogen-bond donors (Lipinski definition) is 6. The van der Waals surface area contributed by atoms with E-state index in [1.54, 1.807) is 4.68 Å². The topological polar surface area (TPSA) is 233 Å². The summed E-state index contributed by atoms with van der Waals surface area (Å²) in [5.74, 6) is 1.42. The number of carbonyl (C=O) groups excluding carboxylic acids is 6. The molecule has 18 nitrogen and oxygen atoms in total. The molecule has 0 saturated carbocycles. The molecule has 21 heteroatoms. The molecule has 2 fully saturated rings. The summed E-state index contributed by atoms with van der Waals surface area (Å²) in [6.07, 6.45) is 12.1. The molecule has 1 aromatic heterocycles. The monoisotopic (exact) mass is 895 g/mol. The van der Waals surface area contributed by atoms with E-state index < -0.39 is 29.4 Å². The van der Waals surface area contributed by atoms with Gasteiger partial charge in [0.2, 0.25) is 23.4 Å². The first-order valence-electron chi connectivity index (χ1n) is 21.2. The molecule has 6 amide bonds. The summed E-state index contributed by atoms with van der Waals surface area (Å²) in [7, 11) is 0. The van der Waals surface area contributed by atoms with Crippen molar-refractivity contribution in [2.75, 3.05) is 70.8 Å². The van der Waals surface area contributed by atoms with Gasteiger partial charge in [0.05, 0.1) is 76.3 Å². The molecular weight excluding hydrogens is 834 g/mol. The van der Waals surface area contributed by atoms with E-state index in [1.807, 2.05) is 11.8 Å². The van der Waals surface area contributed by atoms with Crippen LogP contribution in [0.1, 0.15) is 88.9 Å². The number of alkyl halides is 1. The van der Waals surface area contributed by atoms with Crippen molar-refractivity contribution < 1.29 is 47.4 Å². The molecule has 2 saturated heterocycles. The third kappa shape index (κ3) is 17.0. The summed E-state index contributed by atoms with van der Waals surface area (Å²) in [5, 5.41) is 25.2. The number of halogens is 1. The zero-order valence-corrected chi connectivity index (χ0v) is 36.7. The molecule has 0 radical (unpaired) electrons. The Morgan fingerprint density at radius 3 is 2.51 bits per heavy atom. The second-order valence-electron chi connectivity index (χ2n) is 15.1. The van der Waals surface area contributed by atoms with Crippen molar-refractivity contribution in [1.82, 2.24) is 46.9 Å². The molecule has 3 heterocycles. The van der Waals surface area contributed by atoms with Crippen LogP contribution in [0.4, 0.5) is 9.18 Å². The predicted molar refractivity (Wildman–Crippen MR) is 228 cm³/mol. The van der Waals surface area contributed by atoms with E-state index >= 15 is 4.39 Å². The SMILES string of the molecule is C#CCNC(=O)[C@H](CCCCNC(=O)C1(F)CCCCCc2c1nnn2CCOCCOCCOCCNC(=O)CCCC[C@H]1SC[C@H]2NC(=O)N[C@H]21)NC(=O)CSC(C)=O. The van der Waals surface area contributed by atoms with E-state index in [9.17, 15) is 28.8 Å². The van der Waals surface area contributed by atoms with Gasteiger partial charge < -0.3 is 46.1 Å². The minimum Gasteiger partial charge on any atom is -0.377 e. The maximum atomic E-state index is 16.6. The third-order valence-electron chi connectivity index (χ3n) is 10.5. The lowest BCUT2D eigenvalue weighted by molar-refractivity contribution is -0.134. The Morgan fingerprint density at radius 1 is 0.967 bits per heavy atom. The molecule has 3 aliphatic rings. The van der Waals surface area contributed by atoms with E-state index in [1.165, 1.54) is 6.92 Å². The highest BCUT2D eigenvalue weighted by Crippen LogP contribution is 2.36. The number of nitrogens with one attached hydrogen (secondary N) is 6. The van der Waals surface area contributed by atoms with Crippen molar-refractivity contribution in [2.45, 2.75) is 120 Å². The van der Waals surface area contributed by atoms with Gasteiger partial charge in [0.15, 0.2) is 5.12 Å². The number of terminal acetylenes is 1. The molecule has 0 bridgehead atoms. The number of rotatable bonds is 28. The second-order valence-corrected chi connectivity index (χ2v) is 17.5. The van der Waals surface area contributed by atoms with Gasteiger partial charge in [0.25, 0.3) is 5.91 Å². The first-order chi connectivity index (χ1) is 29.5. The Morgan fingerprint density at radius 2 is 1.74 bits per heavy atom. The third-order valence-corrected chi connectivity index (χ3v) is 12.8. The standard InChI is InChI=1S/C40H62FN9O9S2/c1-3-16-43-37(54)29(45-34(53)27-60-28(2)51)11-8-10-17-44-38(55)40(41)15-9-4-5-12-31-36(40)48-49-50(31)19-21-58-23-25-59-24-22-57-20-18-42-33(52)14-7-6-13-32-35-30(26-61-32)46-39(56)47-35/h1,29-30,32,35H,4-27H2,2H3,(H,42,52)(H,43,54)(H,44,55)(H,45,53)(H2,46,47,56)/t29-,30+,32+,35+,40?/m0/s1. The van der Waals surface area contributed by atoms with E-state index in [2.05, 4.69) is 48.1 Å². The van der Waals surface area contributed by atoms with Gasteiger partial charge in [0.1, 0.15) is 11.7 Å². The Hall–Kier alpha value is -3.97. The van der Waals surface area contributed by atoms with E-state index in [-0.39, 0.29) is 73.1 Å². The summed E-state index contributed by atoms with van der Waals surface area (Å²) in [5.41, 5.74) is -1.76. The number of hydrogen-bond acceptors (Lipinski definition) is 13. The Labute approximate surface area is 365 Å². The van der Waals surface area contributed by atoms with Gasteiger partial charge in [-0.3, -0.25) is 24.0 Å². The van der Waals surface area contributed by atoms with Gasteiger partial charge in [-0.25, -0.2) is 13.9 Å². The number of aromatic nitrogens is 3. The van der Waals surface area contributed by atoms with Crippen molar-refractivity contribution in [1.29, 1.82) is 0 Å². The summed E-state index contributed by atoms with van der Waals surface area (Å²) in [4.78, 5) is 73.1. The number of urea groups is 1. The lowest BCUT2D eigenvalue weighted by atomic mass is 9.88. The largest absolute Gasteiger partial charge is 0.377 e. The molecule has 1 aromatic rings. The molecule has 0 aromatic carbocycles. The van der Waals surface area contributed by atoms with Crippen LogP contribution >= 0.6 is 23.5 Å². The molecule has 340 valence electrons. The normalized spacial score (nSPS) is 21.1. The van der Waals surface area contributed by atoms with Crippen molar-refractivity contribution >= 4 is 58.3 Å². The molecule has 5 atom stereocenters. The van der Waals surface area contributed by atoms with E-state index in [0.717, 1.165) is 49.6 Å². The van der Waals surface area contributed by atoms with Crippen molar-refractivity contribution in [2.24, 2.45) is 0 Å². The van der Waals surface area contributed by atoms with Gasteiger partial charge in [-0.2, -0.15) is 11.8 Å². The fraction of sp³-hybridized carbons (Fsp3) is 0.750. The molecule has 4 rings (SSSR count). The maximum Gasteiger partial charge on any atom is 0.315 e. The Balaban J connectivity index is 1.05. The fourth-order valence-electron chi connectivity index (χ4n) is 7.31. The highest BCUT2D eigenvalue weighted by Gasteiger charge is 2.46. The van der Waals surface area contributed by atoms with Crippen molar-refractivity contribution in [3.05, 3.63) is 11.4 Å². The highest BCUT2D eigenvalue weighted by atomic mass is 32.2. The average Bonchev–Trinajstić information content (AvgIpc) is 3.93. The number of amides is 6. The number of nitrogens with zero attached hydrogens (tertiary/aromatic N) is 3. The number of carbonyl (C=O) groups is 6. The van der Waals surface area contributed by atoms with Crippen molar-refractivity contribution in [3.8, 4) is 12.3 Å². The number of fused-ring (bicyclic) bond motifs is 2. The summed E-state index contributed by atoms with van der Waals surface area (Å²) in [6.45, 7) is 4.33. The van der Waals surface area contributed by atoms with Crippen LogP contribution in [0.3, 0.4) is 0 Å². The Bertz CT molecular complexity index is 1650. The zero-order valence-electron chi connectivity index (χ0n) is 35.1. The van der Waals surface area contributed by atoms with Crippen LogP contribution in [0, 0.1) is 12.3 Å². The minimum atomic E-state index is -2.36. The lowest BCUT2D eigenvalue weighted by Crippen LogP contribution is -2.47. The molecule has 61 heavy (non-hydrogen) atoms. The first-order valence-corrected chi connectivity index (χ1v) is 23.3. The molecule has 1 unspecified atom stereocenters. The van der Waals surface area contributed by atoms with Gasteiger partial charge in [-0.05, 0) is 57.8 Å². The molecule has 2 aliphatic heterocycles. The van der Waals surface area contributed by atoms with Crippen molar-refractivity contribution in [3.63, 3.8) is 0 Å². The van der Waals surface area contributed by atoms with Gasteiger partial charge >= 0.3 is 6.03 Å². The summed E-state index contributed by atoms with van der Waals surface area (Å²) in [6, 6.07) is -0.557. The van der Waals surface area contributed by atoms with Crippen LogP contribution in [0.5, 0.6) is 0 Å². The number of thioether (sulfide) groups is 2. The van der Waals surface area contributed by atoms with Crippen LogP contribution in [0.25, 0.3) is 0 Å². The summed E-state index contributed by atoms with van der Waals surface area (Å²) < 4.78 is 35.1. The lowest BCUT2D eigenvalue weighted by Gasteiger charge is -2.25. The molecular formula is C40H62FN9O9S2. The van der Waals surface area contributed by atoms with E-state index in [4.69, 9.17) is 20.6 Å². The van der Waals surface area contributed by atoms with Crippen LogP contribution in [-0.2, 0) is 56.8 Å². The number of unbranched alkanes of at least 4 members (excludes halogenated alkanes) is 2. The first kappa shape index (κ1) is 49.7. The smallest absolute Gasteiger partial charge is 0.315 e. The minimum absolute atomic E-state index is 0.000870. The van der Waals surface area contributed by atoms with Crippen LogP contribution in [-0.4, -0.2) is 144 Å². The molecule has 0 spiro atoms. The van der Waals surface area contributed by atoms with Gasteiger partial charge in [-0.1, -0.05) is 35.7 Å². The molecule has 6 N–H and O–H groups in total. The Kier molecular flexibility index (Phi) is 22.1. The van der Waals surface area contributed by atoms with Crippen LogP contribution in [0.2, 0.25) is 0 Å².